The van der Waals surface area contributed by atoms with Gasteiger partial charge in [0.2, 0.25) is 0 Å². The lowest BCUT2D eigenvalue weighted by molar-refractivity contribution is -0.136. The molecule has 0 bridgehead atoms. The summed E-state index contributed by atoms with van der Waals surface area (Å²) in [6.07, 6.45) is 1.81. The van der Waals surface area contributed by atoms with E-state index >= 15 is 0 Å². The molecule has 0 heterocycles. The summed E-state index contributed by atoms with van der Waals surface area (Å²) in [5.74, 6) is 0.789. The second kappa shape index (κ2) is 9.41. The van der Waals surface area contributed by atoms with Gasteiger partial charge in [0.05, 0.1) is 6.26 Å². The summed E-state index contributed by atoms with van der Waals surface area (Å²) in [5.41, 5.74) is 0.879. The third kappa shape index (κ3) is 6.94. The van der Waals surface area contributed by atoms with Gasteiger partial charge in [-0.2, -0.15) is 8.42 Å². The van der Waals surface area contributed by atoms with E-state index in [4.69, 9.17) is 8.92 Å². The van der Waals surface area contributed by atoms with E-state index in [1.807, 2.05) is 32.0 Å². The lowest BCUT2D eigenvalue weighted by Crippen LogP contribution is -2.40. The minimum atomic E-state index is -3.56. The minimum Gasteiger partial charge on any atom is -0.484 e. The number of hydrogen-bond acceptors (Lipinski definition) is 5. The van der Waals surface area contributed by atoms with E-state index in [1.54, 1.807) is 41.3 Å². The molecule has 6 nitrogen and oxygen atoms in total. The number of rotatable bonds is 9. The third-order valence-electron chi connectivity index (χ3n) is 4.07. The number of nitrogens with zero attached hydrogens (tertiary/aromatic N) is 1. The van der Waals surface area contributed by atoms with Crippen LogP contribution in [0.5, 0.6) is 11.5 Å². The van der Waals surface area contributed by atoms with Crippen molar-refractivity contribution in [2.75, 3.05) is 12.9 Å². The Labute approximate surface area is 160 Å². The summed E-state index contributed by atoms with van der Waals surface area (Å²) < 4.78 is 32.8. The van der Waals surface area contributed by atoms with Crippen LogP contribution in [0.25, 0.3) is 0 Å². The van der Waals surface area contributed by atoms with Gasteiger partial charge in [-0.3, -0.25) is 4.79 Å². The molecule has 0 N–H and O–H groups in total. The maximum Gasteiger partial charge on any atom is 0.306 e. The van der Waals surface area contributed by atoms with E-state index in [0.29, 0.717) is 12.3 Å². The van der Waals surface area contributed by atoms with Crippen molar-refractivity contribution in [3.05, 3.63) is 60.2 Å². The summed E-state index contributed by atoms with van der Waals surface area (Å²) in [6, 6.07) is 15.9. The van der Waals surface area contributed by atoms with E-state index in [0.717, 1.165) is 18.2 Å². The molecule has 0 aliphatic rings. The molecule has 7 heteroatoms. The summed E-state index contributed by atoms with van der Waals surface area (Å²) in [4.78, 5) is 14.4. The molecule has 0 aliphatic heterocycles. The van der Waals surface area contributed by atoms with E-state index in [9.17, 15) is 13.2 Å². The first kappa shape index (κ1) is 20.8. The molecule has 0 saturated carbocycles. The Balaban J connectivity index is 2.04. The fraction of sp³-hybridized carbons (Fsp3) is 0.350. The molecule has 2 aromatic rings. The van der Waals surface area contributed by atoms with Crippen LogP contribution in [0.15, 0.2) is 54.6 Å². The molecule has 2 aromatic carbocycles. The van der Waals surface area contributed by atoms with Gasteiger partial charge in [0.25, 0.3) is 5.91 Å². The molecule has 146 valence electrons. The van der Waals surface area contributed by atoms with Crippen LogP contribution in [0.3, 0.4) is 0 Å². The average Bonchev–Trinajstić information content (AvgIpc) is 2.64. The van der Waals surface area contributed by atoms with Crippen molar-refractivity contribution in [3.8, 4) is 11.5 Å². The number of ether oxygens (including phenoxy) is 1. The monoisotopic (exact) mass is 391 g/mol. The number of para-hydroxylation sites is 1. The van der Waals surface area contributed by atoms with E-state index < -0.39 is 10.1 Å². The van der Waals surface area contributed by atoms with Gasteiger partial charge in [-0.1, -0.05) is 37.3 Å². The van der Waals surface area contributed by atoms with Crippen molar-refractivity contribution in [2.45, 2.75) is 32.9 Å². The van der Waals surface area contributed by atoms with Gasteiger partial charge >= 0.3 is 10.1 Å². The number of benzene rings is 2. The van der Waals surface area contributed by atoms with Gasteiger partial charge in [-0.15, -0.1) is 0 Å². The fourth-order valence-electron chi connectivity index (χ4n) is 2.48. The second-order valence-corrected chi connectivity index (χ2v) is 7.89. The van der Waals surface area contributed by atoms with Crippen LogP contribution in [0.1, 0.15) is 25.8 Å². The van der Waals surface area contributed by atoms with Crippen LogP contribution in [0, 0.1) is 0 Å². The molecule has 2 rings (SSSR count). The molecule has 0 fully saturated rings. The summed E-state index contributed by atoms with van der Waals surface area (Å²) in [7, 11) is -3.56. The highest BCUT2D eigenvalue weighted by Gasteiger charge is 2.20. The summed E-state index contributed by atoms with van der Waals surface area (Å²) in [6.45, 7) is 4.38. The number of carbonyl (C=O) groups excluding carboxylic acids is 1. The fourth-order valence-corrected chi connectivity index (χ4v) is 2.94. The quantitative estimate of drug-likeness (QED) is 0.614. The molecule has 0 aliphatic carbocycles. The standard InChI is InChI=1S/C20H25NO5S/c1-4-16(2)21(20(22)15-25-18-8-6-5-7-9-18)14-17-10-12-19(13-11-17)26-27(3,23)24/h5-13,16H,4,14-15H2,1-3H3/t16-/m1/s1. The Bertz CT molecular complexity index is 834. The first-order chi connectivity index (χ1) is 12.8. The normalized spacial score (nSPS) is 12.3. The number of carbonyl (C=O) groups is 1. The van der Waals surface area contributed by atoms with Crippen LogP contribution >= 0.6 is 0 Å². The minimum absolute atomic E-state index is 0.0381. The Morgan fingerprint density at radius 3 is 2.22 bits per heavy atom. The van der Waals surface area contributed by atoms with E-state index in [2.05, 4.69) is 0 Å². The SMILES string of the molecule is CC[C@@H](C)N(Cc1ccc(OS(C)(=O)=O)cc1)C(=O)COc1ccccc1. The molecular formula is C20H25NO5S. The Morgan fingerprint density at radius 1 is 1.04 bits per heavy atom. The van der Waals surface area contributed by atoms with Crippen molar-refractivity contribution in [1.29, 1.82) is 0 Å². The smallest absolute Gasteiger partial charge is 0.306 e. The van der Waals surface area contributed by atoms with Crippen LogP contribution < -0.4 is 8.92 Å². The zero-order chi connectivity index (χ0) is 19.9. The zero-order valence-corrected chi connectivity index (χ0v) is 16.6. The van der Waals surface area contributed by atoms with Crippen LogP contribution in [-0.2, 0) is 21.5 Å². The highest BCUT2D eigenvalue weighted by Crippen LogP contribution is 2.17. The molecule has 0 unspecified atom stereocenters. The van der Waals surface area contributed by atoms with Gasteiger partial charge in [-0.05, 0) is 43.2 Å². The molecule has 0 aromatic heterocycles. The molecule has 0 radical (unpaired) electrons. The lowest BCUT2D eigenvalue weighted by Gasteiger charge is -2.29. The van der Waals surface area contributed by atoms with Crippen LogP contribution in [0.4, 0.5) is 0 Å². The second-order valence-electron chi connectivity index (χ2n) is 6.31. The van der Waals surface area contributed by atoms with E-state index in [-0.39, 0.29) is 24.3 Å². The molecule has 1 atom stereocenters. The number of amides is 1. The topological polar surface area (TPSA) is 72.9 Å². The van der Waals surface area contributed by atoms with Crippen molar-refractivity contribution in [2.24, 2.45) is 0 Å². The first-order valence-electron chi connectivity index (χ1n) is 8.74. The van der Waals surface area contributed by atoms with Gasteiger partial charge in [0, 0.05) is 12.6 Å². The highest BCUT2D eigenvalue weighted by molar-refractivity contribution is 7.86. The predicted molar refractivity (Wildman–Crippen MR) is 104 cm³/mol. The van der Waals surface area contributed by atoms with Crippen LogP contribution in [-0.4, -0.2) is 38.1 Å². The molecule has 1 amide bonds. The van der Waals surface area contributed by atoms with E-state index in [1.165, 1.54) is 0 Å². The van der Waals surface area contributed by atoms with Gasteiger partial charge < -0.3 is 13.8 Å². The summed E-state index contributed by atoms with van der Waals surface area (Å²) >= 11 is 0. The van der Waals surface area contributed by atoms with Crippen LogP contribution in [0.2, 0.25) is 0 Å². The van der Waals surface area contributed by atoms with Crippen molar-refractivity contribution in [3.63, 3.8) is 0 Å². The zero-order valence-electron chi connectivity index (χ0n) is 15.8. The van der Waals surface area contributed by atoms with Gasteiger partial charge in [-0.25, -0.2) is 0 Å². The first-order valence-corrected chi connectivity index (χ1v) is 10.6. The molecular weight excluding hydrogens is 366 g/mol. The van der Waals surface area contributed by atoms with Gasteiger partial charge in [0.1, 0.15) is 11.5 Å². The largest absolute Gasteiger partial charge is 0.484 e. The Morgan fingerprint density at radius 2 is 1.67 bits per heavy atom. The molecule has 0 saturated heterocycles. The average molecular weight is 391 g/mol. The molecule has 27 heavy (non-hydrogen) atoms. The highest BCUT2D eigenvalue weighted by atomic mass is 32.2. The predicted octanol–water partition coefficient (Wildman–Crippen LogP) is 3.23. The third-order valence-corrected chi connectivity index (χ3v) is 4.57. The van der Waals surface area contributed by atoms with Crippen molar-refractivity contribution < 1.29 is 22.1 Å². The van der Waals surface area contributed by atoms with Crippen molar-refractivity contribution in [1.82, 2.24) is 4.90 Å². The Hall–Kier alpha value is -2.54. The Kier molecular flexibility index (Phi) is 7.24. The maximum atomic E-state index is 12.7. The molecule has 0 spiro atoms. The van der Waals surface area contributed by atoms with Gasteiger partial charge in [0.15, 0.2) is 6.61 Å². The van der Waals surface area contributed by atoms with Crippen molar-refractivity contribution >= 4 is 16.0 Å². The maximum absolute atomic E-state index is 12.7. The number of hydrogen-bond donors (Lipinski definition) is 0. The lowest BCUT2D eigenvalue weighted by atomic mass is 10.1. The summed E-state index contributed by atoms with van der Waals surface area (Å²) in [5, 5.41) is 0.